The van der Waals surface area contributed by atoms with Gasteiger partial charge in [0, 0.05) is 24.3 Å². The van der Waals surface area contributed by atoms with E-state index in [1.54, 1.807) is 0 Å². The molecule has 0 spiro atoms. The van der Waals surface area contributed by atoms with Crippen LogP contribution in [0.5, 0.6) is 0 Å². The fourth-order valence-electron chi connectivity index (χ4n) is 2.33. The first-order valence-corrected chi connectivity index (χ1v) is 7.61. The Labute approximate surface area is 141 Å². The molecular weight excluding hydrogens is 345 g/mol. The molecule has 0 aliphatic carbocycles. The summed E-state index contributed by atoms with van der Waals surface area (Å²) in [4.78, 5) is 10.4. The van der Waals surface area contributed by atoms with Gasteiger partial charge in [0.05, 0.1) is 24.5 Å². The molecule has 0 saturated carbocycles. The van der Waals surface area contributed by atoms with E-state index in [0.717, 1.165) is 6.07 Å². The van der Waals surface area contributed by atoms with Crippen molar-refractivity contribution in [3.05, 3.63) is 41.0 Å². The molecule has 1 N–H and O–H groups in total. The van der Waals surface area contributed by atoms with E-state index in [0.29, 0.717) is 32.3 Å². The van der Waals surface area contributed by atoms with E-state index in [1.807, 2.05) is 4.90 Å². The first-order chi connectivity index (χ1) is 11.4. The number of hydrogen-bond acceptors (Lipinski definition) is 5. The second kappa shape index (κ2) is 6.82. The van der Waals surface area contributed by atoms with Crippen molar-refractivity contribution in [1.82, 2.24) is 9.97 Å². The van der Waals surface area contributed by atoms with Gasteiger partial charge in [-0.25, -0.2) is 4.98 Å². The summed E-state index contributed by atoms with van der Waals surface area (Å²) in [6, 6.07) is 5.07. The van der Waals surface area contributed by atoms with Crippen molar-refractivity contribution in [3.63, 3.8) is 0 Å². The smallest absolute Gasteiger partial charge is 0.378 e. The molecule has 1 aromatic carbocycles. The Hall–Kier alpha value is -2.06. The minimum Gasteiger partial charge on any atom is -0.378 e. The van der Waals surface area contributed by atoms with Gasteiger partial charge >= 0.3 is 6.18 Å². The Kier molecular flexibility index (Phi) is 4.77. The molecule has 24 heavy (non-hydrogen) atoms. The zero-order valence-corrected chi connectivity index (χ0v) is 13.2. The number of alkyl halides is 3. The molecule has 2 heterocycles. The second-order valence-corrected chi connectivity index (χ2v) is 5.59. The number of hydrogen-bond donors (Lipinski definition) is 1. The van der Waals surface area contributed by atoms with E-state index in [2.05, 4.69) is 15.3 Å². The van der Waals surface area contributed by atoms with Gasteiger partial charge in [0.25, 0.3) is 0 Å². The third-order valence-corrected chi connectivity index (χ3v) is 3.72. The highest BCUT2D eigenvalue weighted by atomic mass is 35.5. The number of halogens is 4. The number of ether oxygens (including phenoxy) is 1. The SMILES string of the molecule is FC(F)(F)c1cc(Cl)ccc1Nc1ccnc(N2CCOCC2)n1. The topological polar surface area (TPSA) is 50.3 Å². The predicted molar refractivity (Wildman–Crippen MR) is 84.8 cm³/mol. The van der Waals surface area contributed by atoms with Gasteiger partial charge in [-0.1, -0.05) is 11.6 Å². The number of benzene rings is 1. The first-order valence-electron chi connectivity index (χ1n) is 7.23. The fourth-order valence-corrected chi connectivity index (χ4v) is 2.50. The fraction of sp³-hybridized carbons (Fsp3) is 0.333. The molecule has 5 nitrogen and oxygen atoms in total. The molecule has 1 aromatic heterocycles. The van der Waals surface area contributed by atoms with Crippen LogP contribution in [0.15, 0.2) is 30.5 Å². The molecular formula is C15H14ClF3N4O. The summed E-state index contributed by atoms with van der Waals surface area (Å²) in [5.41, 5.74) is -0.958. The third kappa shape index (κ3) is 3.88. The lowest BCUT2D eigenvalue weighted by molar-refractivity contribution is -0.136. The molecule has 1 saturated heterocycles. The van der Waals surface area contributed by atoms with Crippen LogP contribution in [0.4, 0.5) is 30.6 Å². The minimum atomic E-state index is -4.52. The molecule has 0 bridgehead atoms. The molecule has 3 rings (SSSR count). The van der Waals surface area contributed by atoms with Gasteiger partial charge in [0.2, 0.25) is 5.95 Å². The summed E-state index contributed by atoms with van der Waals surface area (Å²) >= 11 is 5.68. The van der Waals surface area contributed by atoms with Crippen molar-refractivity contribution in [2.24, 2.45) is 0 Å². The van der Waals surface area contributed by atoms with Crippen molar-refractivity contribution < 1.29 is 17.9 Å². The maximum atomic E-state index is 13.1. The molecule has 0 radical (unpaired) electrons. The Morgan fingerprint density at radius 3 is 2.62 bits per heavy atom. The molecule has 0 unspecified atom stereocenters. The Bertz CT molecular complexity index is 720. The largest absolute Gasteiger partial charge is 0.418 e. The van der Waals surface area contributed by atoms with Gasteiger partial charge in [0.15, 0.2) is 0 Å². The van der Waals surface area contributed by atoms with Crippen molar-refractivity contribution >= 4 is 29.1 Å². The van der Waals surface area contributed by atoms with Gasteiger partial charge in [-0.05, 0) is 24.3 Å². The maximum Gasteiger partial charge on any atom is 0.418 e. The highest BCUT2D eigenvalue weighted by Gasteiger charge is 2.34. The van der Waals surface area contributed by atoms with Gasteiger partial charge in [-0.15, -0.1) is 0 Å². The van der Waals surface area contributed by atoms with Crippen LogP contribution in [0.2, 0.25) is 5.02 Å². The second-order valence-electron chi connectivity index (χ2n) is 5.15. The van der Waals surface area contributed by atoms with Crippen LogP contribution in [-0.4, -0.2) is 36.3 Å². The average molecular weight is 359 g/mol. The summed E-state index contributed by atoms with van der Waals surface area (Å²) in [5, 5.41) is 2.72. The summed E-state index contributed by atoms with van der Waals surface area (Å²) in [6.45, 7) is 2.41. The molecule has 128 valence electrons. The minimum absolute atomic E-state index is 0.0181. The van der Waals surface area contributed by atoms with E-state index in [-0.39, 0.29) is 16.5 Å². The van der Waals surface area contributed by atoms with Crippen molar-refractivity contribution in [1.29, 1.82) is 0 Å². The van der Waals surface area contributed by atoms with Gasteiger partial charge in [0.1, 0.15) is 5.82 Å². The highest BCUT2D eigenvalue weighted by molar-refractivity contribution is 6.30. The molecule has 0 amide bonds. The normalized spacial score (nSPS) is 15.4. The molecule has 1 aliphatic rings. The van der Waals surface area contributed by atoms with Crippen LogP contribution in [-0.2, 0) is 10.9 Å². The monoisotopic (exact) mass is 358 g/mol. The van der Waals surface area contributed by atoms with E-state index in [9.17, 15) is 13.2 Å². The van der Waals surface area contributed by atoms with Gasteiger partial charge in [-0.2, -0.15) is 18.2 Å². The summed E-state index contributed by atoms with van der Waals surface area (Å²) in [6.07, 6.45) is -3.02. The lowest BCUT2D eigenvalue weighted by Gasteiger charge is -2.26. The summed E-state index contributed by atoms with van der Waals surface area (Å²) in [7, 11) is 0. The van der Waals surface area contributed by atoms with Crippen LogP contribution in [0.25, 0.3) is 0 Å². The van der Waals surface area contributed by atoms with E-state index in [4.69, 9.17) is 16.3 Å². The zero-order valence-electron chi connectivity index (χ0n) is 12.5. The van der Waals surface area contributed by atoms with Crippen LogP contribution in [0.3, 0.4) is 0 Å². The predicted octanol–water partition coefficient (Wildman–Crippen LogP) is 3.73. The molecule has 1 fully saturated rings. The molecule has 9 heteroatoms. The number of anilines is 3. The zero-order chi connectivity index (χ0) is 17.2. The van der Waals surface area contributed by atoms with Crippen molar-refractivity contribution in [2.75, 3.05) is 36.5 Å². The Morgan fingerprint density at radius 2 is 1.92 bits per heavy atom. The Morgan fingerprint density at radius 1 is 1.17 bits per heavy atom. The number of aromatic nitrogens is 2. The van der Waals surface area contributed by atoms with Crippen molar-refractivity contribution in [3.8, 4) is 0 Å². The van der Waals surface area contributed by atoms with Crippen LogP contribution in [0.1, 0.15) is 5.56 Å². The number of nitrogens with one attached hydrogen (secondary N) is 1. The lowest BCUT2D eigenvalue weighted by Crippen LogP contribution is -2.37. The lowest BCUT2D eigenvalue weighted by atomic mass is 10.1. The first kappa shape index (κ1) is 16.8. The number of rotatable bonds is 3. The highest BCUT2D eigenvalue weighted by Crippen LogP contribution is 2.37. The Balaban J connectivity index is 1.86. The van der Waals surface area contributed by atoms with E-state index in [1.165, 1.54) is 24.4 Å². The molecule has 0 atom stereocenters. The van der Waals surface area contributed by atoms with Crippen molar-refractivity contribution in [2.45, 2.75) is 6.18 Å². The molecule has 2 aromatic rings. The number of morpholine rings is 1. The maximum absolute atomic E-state index is 13.1. The molecule has 1 aliphatic heterocycles. The van der Waals surface area contributed by atoms with Gasteiger partial charge in [-0.3, -0.25) is 0 Å². The van der Waals surface area contributed by atoms with Gasteiger partial charge < -0.3 is 15.0 Å². The van der Waals surface area contributed by atoms with Crippen LogP contribution < -0.4 is 10.2 Å². The van der Waals surface area contributed by atoms with Crippen LogP contribution >= 0.6 is 11.6 Å². The average Bonchev–Trinajstić information content (AvgIpc) is 2.57. The quantitative estimate of drug-likeness (QED) is 0.906. The number of nitrogens with zero attached hydrogens (tertiary/aromatic N) is 3. The van der Waals surface area contributed by atoms with E-state index < -0.39 is 11.7 Å². The van der Waals surface area contributed by atoms with Crippen LogP contribution in [0, 0.1) is 0 Å². The summed E-state index contributed by atoms with van der Waals surface area (Å²) in [5.74, 6) is 0.727. The third-order valence-electron chi connectivity index (χ3n) is 3.49. The standard InChI is InChI=1S/C15H14ClF3N4O/c16-10-1-2-12(11(9-10)15(17,18)19)21-13-3-4-20-14(22-13)23-5-7-24-8-6-23/h1-4,9H,5-8H2,(H,20,21,22). The van der Waals surface area contributed by atoms with E-state index >= 15 is 0 Å². The summed E-state index contributed by atoms with van der Waals surface area (Å²) < 4.78 is 44.7.